The van der Waals surface area contributed by atoms with Gasteiger partial charge >= 0.3 is 0 Å². The number of hydrogen-bond donors (Lipinski definition) is 0. The summed E-state index contributed by atoms with van der Waals surface area (Å²) in [5.41, 5.74) is 0.836. The van der Waals surface area contributed by atoms with Crippen molar-refractivity contribution in [2.24, 2.45) is 0 Å². The van der Waals surface area contributed by atoms with E-state index in [2.05, 4.69) is 0 Å². The first-order valence-corrected chi connectivity index (χ1v) is 7.12. The number of carbonyl (C=O) groups excluding carboxylic acids is 1. The first-order valence-electron chi connectivity index (χ1n) is 5.61. The van der Waals surface area contributed by atoms with Gasteiger partial charge in [0.2, 0.25) is 0 Å². The largest absolute Gasteiger partial charge is 0.289 e. The molecule has 1 nitrogen and oxygen atoms in total. The summed E-state index contributed by atoms with van der Waals surface area (Å²) in [7, 11) is 0. The third-order valence-corrected chi connectivity index (χ3v) is 3.90. The van der Waals surface area contributed by atoms with Crippen LogP contribution in [0.5, 0.6) is 0 Å². The Labute approximate surface area is 136 Å². The highest BCUT2D eigenvalue weighted by atomic mass is 35.5. The van der Waals surface area contributed by atoms with Crippen molar-refractivity contribution in [1.29, 1.82) is 0 Å². The number of rotatable bonds is 3. The lowest BCUT2D eigenvalue weighted by atomic mass is 10.1. The fraction of sp³-hybridized carbons (Fsp3) is 0. The van der Waals surface area contributed by atoms with Gasteiger partial charge in [-0.25, -0.2) is 0 Å². The van der Waals surface area contributed by atoms with E-state index < -0.39 is 0 Å². The van der Waals surface area contributed by atoms with E-state index in [1.807, 2.05) is 0 Å². The Morgan fingerprint density at radius 1 is 0.800 bits per heavy atom. The Hall–Kier alpha value is -0.990. The van der Waals surface area contributed by atoms with Crippen molar-refractivity contribution >= 4 is 58.3 Å². The second kappa shape index (κ2) is 6.64. The summed E-state index contributed by atoms with van der Waals surface area (Å²) in [6.45, 7) is 0. The first kappa shape index (κ1) is 15.4. The first-order chi connectivity index (χ1) is 9.50. The normalized spacial score (nSPS) is 11.0. The summed E-state index contributed by atoms with van der Waals surface area (Å²) >= 11 is 24.0. The topological polar surface area (TPSA) is 17.1 Å². The van der Waals surface area contributed by atoms with E-state index in [0.717, 1.165) is 0 Å². The average Bonchev–Trinajstić information content (AvgIpc) is 2.38. The van der Waals surface area contributed by atoms with Crippen molar-refractivity contribution in [2.75, 3.05) is 0 Å². The summed E-state index contributed by atoms with van der Waals surface area (Å²) in [5, 5.41) is 1.54. The fourth-order valence-electron chi connectivity index (χ4n) is 1.65. The molecule has 0 amide bonds. The van der Waals surface area contributed by atoms with E-state index >= 15 is 0 Å². The van der Waals surface area contributed by atoms with Crippen LogP contribution in [0.15, 0.2) is 42.5 Å². The van der Waals surface area contributed by atoms with Crippen molar-refractivity contribution < 1.29 is 4.79 Å². The van der Waals surface area contributed by atoms with E-state index in [-0.39, 0.29) is 11.3 Å². The SMILES string of the molecule is O=C(/C=C/c1c(Cl)cccc1Cl)c1c(Cl)cccc1Cl. The average molecular weight is 346 g/mol. The molecule has 0 saturated carbocycles. The number of carbonyl (C=O) groups is 1. The van der Waals surface area contributed by atoms with Crippen LogP contribution in [0, 0.1) is 0 Å². The van der Waals surface area contributed by atoms with E-state index in [0.29, 0.717) is 25.7 Å². The number of halogens is 4. The van der Waals surface area contributed by atoms with Crippen molar-refractivity contribution in [3.8, 4) is 0 Å². The zero-order valence-electron chi connectivity index (χ0n) is 10.0. The molecule has 0 bridgehead atoms. The lowest BCUT2D eigenvalue weighted by molar-refractivity contribution is 0.104. The Kier molecular flexibility index (Phi) is 5.11. The zero-order valence-corrected chi connectivity index (χ0v) is 13.1. The van der Waals surface area contributed by atoms with Crippen molar-refractivity contribution in [3.05, 3.63) is 73.7 Å². The van der Waals surface area contributed by atoms with Gasteiger partial charge in [0, 0.05) is 15.6 Å². The standard InChI is InChI=1S/C15H8Cl4O/c16-10-3-1-4-11(17)9(10)7-8-14(20)15-12(18)5-2-6-13(15)19/h1-8H/b8-7+. The number of benzene rings is 2. The minimum Gasteiger partial charge on any atom is -0.289 e. The highest BCUT2D eigenvalue weighted by Crippen LogP contribution is 2.28. The van der Waals surface area contributed by atoms with Crippen LogP contribution in [0.1, 0.15) is 15.9 Å². The van der Waals surface area contributed by atoms with E-state index in [1.165, 1.54) is 6.08 Å². The molecule has 20 heavy (non-hydrogen) atoms. The lowest BCUT2D eigenvalue weighted by Crippen LogP contribution is -1.96. The Balaban J connectivity index is 2.35. The summed E-state index contributed by atoms with van der Waals surface area (Å²) in [4.78, 5) is 12.1. The molecule has 0 aliphatic heterocycles. The smallest absolute Gasteiger partial charge is 0.188 e. The van der Waals surface area contributed by atoms with Gasteiger partial charge in [0.05, 0.1) is 15.6 Å². The molecule has 102 valence electrons. The van der Waals surface area contributed by atoms with Gasteiger partial charge in [0.15, 0.2) is 5.78 Å². The number of hydrogen-bond acceptors (Lipinski definition) is 1. The molecule has 0 saturated heterocycles. The third-order valence-electron chi connectivity index (χ3n) is 2.61. The Morgan fingerprint density at radius 2 is 1.25 bits per heavy atom. The molecule has 0 radical (unpaired) electrons. The molecule has 2 aromatic carbocycles. The molecule has 0 fully saturated rings. The molecule has 0 atom stereocenters. The maximum absolute atomic E-state index is 12.1. The monoisotopic (exact) mass is 344 g/mol. The molecule has 0 aliphatic rings. The minimum absolute atomic E-state index is 0.259. The number of allylic oxidation sites excluding steroid dienone is 1. The van der Waals surface area contributed by atoms with Crippen LogP contribution in [0.4, 0.5) is 0 Å². The van der Waals surface area contributed by atoms with Gasteiger partial charge in [-0.05, 0) is 36.4 Å². The Morgan fingerprint density at radius 3 is 1.75 bits per heavy atom. The van der Waals surface area contributed by atoms with Gasteiger partial charge in [-0.3, -0.25) is 4.79 Å². The fourth-order valence-corrected chi connectivity index (χ4v) is 2.75. The predicted molar refractivity (Wildman–Crippen MR) is 86.3 cm³/mol. The van der Waals surface area contributed by atoms with Gasteiger partial charge in [-0.2, -0.15) is 0 Å². The van der Waals surface area contributed by atoms with Crippen LogP contribution in [0.25, 0.3) is 6.08 Å². The summed E-state index contributed by atoms with van der Waals surface area (Å²) in [5.74, 6) is -0.309. The molecular formula is C15H8Cl4O. The summed E-state index contributed by atoms with van der Waals surface area (Å²) in [6, 6.07) is 10.0. The highest BCUT2D eigenvalue weighted by molar-refractivity contribution is 6.41. The van der Waals surface area contributed by atoms with Crippen LogP contribution in [-0.2, 0) is 0 Å². The Bertz CT molecular complexity index is 652. The van der Waals surface area contributed by atoms with Crippen molar-refractivity contribution in [2.45, 2.75) is 0 Å². The summed E-state index contributed by atoms with van der Waals surface area (Å²) < 4.78 is 0. The van der Waals surface area contributed by atoms with E-state index in [1.54, 1.807) is 42.5 Å². The van der Waals surface area contributed by atoms with Gasteiger partial charge in [-0.15, -0.1) is 0 Å². The van der Waals surface area contributed by atoms with Crippen LogP contribution < -0.4 is 0 Å². The molecule has 2 rings (SSSR count). The maximum atomic E-state index is 12.1. The van der Waals surface area contributed by atoms with E-state index in [4.69, 9.17) is 46.4 Å². The molecule has 0 spiro atoms. The van der Waals surface area contributed by atoms with Crippen molar-refractivity contribution in [1.82, 2.24) is 0 Å². The molecule has 5 heteroatoms. The molecular weight excluding hydrogens is 338 g/mol. The lowest BCUT2D eigenvalue weighted by Gasteiger charge is -2.03. The van der Waals surface area contributed by atoms with Crippen LogP contribution >= 0.6 is 46.4 Å². The molecule has 0 heterocycles. The highest BCUT2D eigenvalue weighted by Gasteiger charge is 2.12. The van der Waals surface area contributed by atoms with Gasteiger partial charge in [-0.1, -0.05) is 58.5 Å². The second-order valence-corrected chi connectivity index (χ2v) is 5.56. The molecule has 0 N–H and O–H groups in total. The zero-order chi connectivity index (χ0) is 14.7. The molecule has 2 aromatic rings. The number of ketones is 1. The van der Waals surface area contributed by atoms with Crippen LogP contribution in [0.2, 0.25) is 20.1 Å². The van der Waals surface area contributed by atoms with Gasteiger partial charge in [0.1, 0.15) is 0 Å². The second-order valence-electron chi connectivity index (χ2n) is 3.93. The van der Waals surface area contributed by atoms with Crippen LogP contribution in [0.3, 0.4) is 0 Å². The molecule has 0 aromatic heterocycles. The summed E-state index contributed by atoms with van der Waals surface area (Å²) in [6.07, 6.45) is 2.90. The van der Waals surface area contributed by atoms with Gasteiger partial charge in [0.25, 0.3) is 0 Å². The third kappa shape index (κ3) is 3.36. The maximum Gasteiger partial charge on any atom is 0.188 e. The van der Waals surface area contributed by atoms with Gasteiger partial charge < -0.3 is 0 Å². The quantitative estimate of drug-likeness (QED) is 0.478. The predicted octanol–water partition coefficient (Wildman–Crippen LogP) is 6.20. The molecule has 0 unspecified atom stereocenters. The minimum atomic E-state index is -0.309. The van der Waals surface area contributed by atoms with Crippen molar-refractivity contribution in [3.63, 3.8) is 0 Å². The molecule has 0 aliphatic carbocycles. The van der Waals surface area contributed by atoms with Crippen LogP contribution in [-0.4, -0.2) is 5.78 Å². The van der Waals surface area contributed by atoms with E-state index in [9.17, 15) is 4.79 Å².